The summed E-state index contributed by atoms with van der Waals surface area (Å²) in [5, 5.41) is 13.9. The first kappa shape index (κ1) is 14.8. The van der Waals surface area contributed by atoms with E-state index in [1.54, 1.807) is 0 Å². The van der Waals surface area contributed by atoms with Crippen molar-refractivity contribution < 1.29 is 19.4 Å². The lowest BCUT2D eigenvalue weighted by molar-refractivity contribution is -0.137. The fourth-order valence-electron chi connectivity index (χ4n) is 1.96. The van der Waals surface area contributed by atoms with Gasteiger partial charge in [0, 0.05) is 32.7 Å². The lowest BCUT2D eigenvalue weighted by Crippen LogP contribution is -2.41. The van der Waals surface area contributed by atoms with Gasteiger partial charge in [0.2, 0.25) is 0 Å². The van der Waals surface area contributed by atoms with Crippen molar-refractivity contribution in [1.29, 1.82) is 0 Å². The molecule has 1 fully saturated rings. The number of nitrogens with one attached hydrogen (secondary N) is 2. The average molecular weight is 258 g/mol. The van der Waals surface area contributed by atoms with Gasteiger partial charge in [-0.15, -0.1) is 0 Å². The number of carboxylic acids is 1. The van der Waals surface area contributed by atoms with Gasteiger partial charge < -0.3 is 20.5 Å². The van der Waals surface area contributed by atoms with Crippen molar-refractivity contribution in [2.75, 3.05) is 26.3 Å². The number of hydrogen-bond acceptors (Lipinski definition) is 3. The van der Waals surface area contributed by atoms with Crippen LogP contribution >= 0.6 is 0 Å². The SMILES string of the molecule is CC1COCCC1CNC(=O)NCCCC(=O)O. The van der Waals surface area contributed by atoms with Gasteiger partial charge in [0.05, 0.1) is 0 Å². The van der Waals surface area contributed by atoms with E-state index < -0.39 is 5.97 Å². The van der Waals surface area contributed by atoms with E-state index in [1.165, 1.54) is 0 Å². The number of carboxylic acid groups (broad SMARTS) is 1. The van der Waals surface area contributed by atoms with E-state index in [9.17, 15) is 9.59 Å². The summed E-state index contributed by atoms with van der Waals surface area (Å²) in [4.78, 5) is 21.7. The summed E-state index contributed by atoms with van der Waals surface area (Å²) < 4.78 is 5.34. The third-order valence-corrected chi connectivity index (χ3v) is 3.20. The molecule has 0 aromatic carbocycles. The lowest BCUT2D eigenvalue weighted by atomic mass is 9.90. The summed E-state index contributed by atoms with van der Waals surface area (Å²) in [5.74, 6) is 0.0859. The van der Waals surface area contributed by atoms with Gasteiger partial charge in [-0.3, -0.25) is 4.79 Å². The van der Waals surface area contributed by atoms with Gasteiger partial charge in [0.15, 0.2) is 0 Å². The molecular weight excluding hydrogens is 236 g/mol. The Morgan fingerprint density at radius 3 is 2.83 bits per heavy atom. The first-order valence-electron chi connectivity index (χ1n) is 6.41. The number of carbonyl (C=O) groups excluding carboxylic acids is 1. The fourth-order valence-corrected chi connectivity index (χ4v) is 1.96. The average Bonchev–Trinajstić information content (AvgIpc) is 2.33. The quantitative estimate of drug-likeness (QED) is 0.616. The van der Waals surface area contributed by atoms with Crippen LogP contribution in [0.25, 0.3) is 0 Å². The minimum atomic E-state index is -0.840. The zero-order valence-electron chi connectivity index (χ0n) is 10.8. The number of aliphatic carboxylic acids is 1. The van der Waals surface area contributed by atoms with Gasteiger partial charge in [0.1, 0.15) is 0 Å². The van der Waals surface area contributed by atoms with Crippen LogP contribution < -0.4 is 10.6 Å². The van der Waals surface area contributed by atoms with Crippen molar-refractivity contribution in [3.63, 3.8) is 0 Å². The molecule has 2 amide bonds. The van der Waals surface area contributed by atoms with Crippen molar-refractivity contribution in [2.45, 2.75) is 26.2 Å². The second-order valence-electron chi connectivity index (χ2n) is 4.74. The maximum absolute atomic E-state index is 11.4. The van der Waals surface area contributed by atoms with Gasteiger partial charge >= 0.3 is 12.0 Å². The zero-order chi connectivity index (χ0) is 13.4. The second-order valence-corrected chi connectivity index (χ2v) is 4.74. The van der Waals surface area contributed by atoms with Crippen LogP contribution in [-0.4, -0.2) is 43.4 Å². The predicted octanol–water partition coefficient (Wildman–Crippen LogP) is 0.823. The standard InChI is InChI=1S/C12H22N2O4/c1-9-8-18-6-4-10(9)7-14-12(17)13-5-2-3-11(15)16/h9-10H,2-8H2,1H3,(H,15,16)(H2,13,14,17). The number of carbonyl (C=O) groups is 2. The highest BCUT2D eigenvalue weighted by atomic mass is 16.5. The molecule has 104 valence electrons. The number of rotatable bonds is 6. The molecule has 1 aliphatic rings. The fraction of sp³-hybridized carbons (Fsp3) is 0.833. The first-order valence-corrected chi connectivity index (χ1v) is 6.41. The van der Waals surface area contributed by atoms with E-state index in [0.29, 0.717) is 31.3 Å². The number of hydrogen-bond donors (Lipinski definition) is 3. The molecule has 1 saturated heterocycles. The van der Waals surface area contributed by atoms with Crippen molar-refractivity contribution in [2.24, 2.45) is 11.8 Å². The molecule has 0 aromatic heterocycles. The number of ether oxygens (including phenoxy) is 1. The molecule has 0 aliphatic carbocycles. The summed E-state index contributed by atoms with van der Waals surface area (Å²) >= 11 is 0. The van der Waals surface area contributed by atoms with Crippen LogP contribution in [-0.2, 0) is 9.53 Å². The van der Waals surface area contributed by atoms with E-state index in [1.807, 2.05) is 0 Å². The molecule has 0 aromatic rings. The summed E-state index contributed by atoms with van der Waals surface area (Å²) in [6.07, 6.45) is 1.51. The Morgan fingerprint density at radius 2 is 2.17 bits per heavy atom. The molecule has 1 aliphatic heterocycles. The van der Waals surface area contributed by atoms with Crippen LogP contribution in [0.2, 0.25) is 0 Å². The lowest BCUT2D eigenvalue weighted by Gasteiger charge is -2.28. The van der Waals surface area contributed by atoms with Crippen LogP contribution in [0.4, 0.5) is 4.79 Å². The predicted molar refractivity (Wildman–Crippen MR) is 66.4 cm³/mol. The van der Waals surface area contributed by atoms with E-state index in [2.05, 4.69) is 17.6 Å². The largest absolute Gasteiger partial charge is 0.481 e. The van der Waals surface area contributed by atoms with Gasteiger partial charge in [-0.2, -0.15) is 0 Å². The third kappa shape index (κ3) is 5.86. The molecule has 0 saturated carbocycles. The Hall–Kier alpha value is -1.30. The Bertz CT molecular complexity index is 283. The monoisotopic (exact) mass is 258 g/mol. The molecule has 0 spiro atoms. The molecular formula is C12H22N2O4. The Balaban J connectivity index is 2.07. The maximum atomic E-state index is 11.4. The van der Waals surface area contributed by atoms with Crippen molar-refractivity contribution in [3.8, 4) is 0 Å². The third-order valence-electron chi connectivity index (χ3n) is 3.20. The summed E-state index contributed by atoms with van der Waals surface area (Å²) in [6, 6.07) is -0.223. The van der Waals surface area contributed by atoms with Crippen molar-refractivity contribution in [1.82, 2.24) is 10.6 Å². The van der Waals surface area contributed by atoms with Crippen LogP contribution in [0, 0.1) is 11.8 Å². The highest BCUT2D eigenvalue weighted by Crippen LogP contribution is 2.20. The van der Waals surface area contributed by atoms with Crippen molar-refractivity contribution >= 4 is 12.0 Å². The van der Waals surface area contributed by atoms with E-state index >= 15 is 0 Å². The highest BCUT2D eigenvalue weighted by molar-refractivity contribution is 5.73. The van der Waals surface area contributed by atoms with Gasteiger partial charge in [-0.05, 0) is 24.7 Å². The Kier molecular flexibility index (Phi) is 6.49. The van der Waals surface area contributed by atoms with Crippen LogP contribution in [0.15, 0.2) is 0 Å². The smallest absolute Gasteiger partial charge is 0.314 e. The summed E-state index contributed by atoms with van der Waals surface area (Å²) in [5.41, 5.74) is 0. The molecule has 1 rings (SSSR count). The molecule has 6 nitrogen and oxygen atoms in total. The molecule has 1 heterocycles. The summed E-state index contributed by atoms with van der Waals surface area (Å²) in [6.45, 7) is 4.68. The molecule has 0 bridgehead atoms. The maximum Gasteiger partial charge on any atom is 0.314 e. The van der Waals surface area contributed by atoms with Crippen molar-refractivity contribution in [3.05, 3.63) is 0 Å². The van der Waals surface area contributed by atoms with Gasteiger partial charge in [-0.1, -0.05) is 6.92 Å². The highest BCUT2D eigenvalue weighted by Gasteiger charge is 2.21. The zero-order valence-corrected chi connectivity index (χ0v) is 10.8. The number of urea groups is 1. The number of amides is 2. The van der Waals surface area contributed by atoms with E-state index in [-0.39, 0.29) is 12.5 Å². The molecule has 3 N–H and O–H groups in total. The molecule has 18 heavy (non-hydrogen) atoms. The molecule has 0 radical (unpaired) electrons. The molecule has 2 atom stereocenters. The Labute approximate surface area is 107 Å². The Morgan fingerprint density at radius 1 is 1.39 bits per heavy atom. The van der Waals surface area contributed by atoms with Gasteiger partial charge in [0.25, 0.3) is 0 Å². The topological polar surface area (TPSA) is 87.7 Å². The van der Waals surface area contributed by atoms with Crippen LogP contribution in [0.1, 0.15) is 26.2 Å². The minimum Gasteiger partial charge on any atom is -0.481 e. The molecule has 6 heteroatoms. The summed E-state index contributed by atoms with van der Waals surface area (Å²) in [7, 11) is 0. The second kappa shape index (κ2) is 7.92. The first-order chi connectivity index (χ1) is 8.59. The van der Waals surface area contributed by atoms with Gasteiger partial charge in [-0.25, -0.2) is 4.79 Å². The van der Waals surface area contributed by atoms with Crippen LogP contribution in [0.3, 0.4) is 0 Å². The normalized spacial score (nSPS) is 23.4. The van der Waals surface area contributed by atoms with Crippen LogP contribution in [0.5, 0.6) is 0 Å². The van der Waals surface area contributed by atoms with E-state index in [0.717, 1.165) is 19.6 Å². The minimum absolute atomic E-state index is 0.0806. The van der Waals surface area contributed by atoms with E-state index in [4.69, 9.17) is 9.84 Å². The molecule has 2 unspecified atom stereocenters.